The fourth-order valence-electron chi connectivity index (χ4n) is 6.30. The van der Waals surface area contributed by atoms with Crippen molar-refractivity contribution in [3.05, 3.63) is 83.4 Å². The molecule has 1 aromatic heterocycles. The number of anilines is 1. The maximum atomic E-state index is 13.8. The third-order valence-electron chi connectivity index (χ3n) is 8.35. The van der Waals surface area contributed by atoms with Crippen molar-refractivity contribution in [2.75, 3.05) is 64.1 Å². The molecule has 216 valence electrons. The Hall–Kier alpha value is -4.54. The highest BCUT2D eigenvalue weighted by molar-refractivity contribution is 6.17. The number of aromatic carboxylic acids is 1. The molecule has 2 saturated heterocycles. The zero-order chi connectivity index (χ0) is 28.6. The van der Waals surface area contributed by atoms with E-state index in [9.17, 15) is 14.7 Å². The standard InChI is InChI=1S/C32H33N5O5/c38-31(36-13-11-33-12-14-36)24-7-4-8-25-28(24)29(32(39)40)30(37(25)23-5-2-1-3-6-23)35-17-15-34(16-18-35)20-22-9-10-26-27(19-22)42-21-41-26/h1-10,19,33H,11-18,20-21H2,(H,39,40). The van der Waals surface area contributed by atoms with E-state index in [1.54, 1.807) is 6.07 Å². The second-order valence-electron chi connectivity index (χ2n) is 10.9. The summed E-state index contributed by atoms with van der Waals surface area (Å²) in [4.78, 5) is 33.2. The van der Waals surface area contributed by atoms with Gasteiger partial charge in [-0.1, -0.05) is 30.3 Å². The molecule has 0 aliphatic carbocycles. The van der Waals surface area contributed by atoms with Crippen LogP contribution in [0.4, 0.5) is 5.82 Å². The number of benzene rings is 3. The zero-order valence-electron chi connectivity index (χ0n) is 23.3. The number of piperazine rings is 2. The van der Waals surface area contributed by atoms with Crippen molar-refractivity contribution in [3.63, 3.8) is 0 Å². The van der Waals surface area contributed by atoms with Crippen LogP contribution in [-0.2, 0) is 6.54 Å². The van der Waals surface area contributed by atoms with Crippen LogP contribution in [0, 0.1) is 0 Å². The molecule has 4 heterocycles. The molecule has 0 saturated carbocycles. The zero-order valence-corrected chi connectivity index (χ0v) is 23.3. The Kier molecular flexibility index (Phi) is 6.93. The Morgan fingerprint density at radius 2 is 1.60 bits per heavy atom. The van der Waals surface area contributed by atoms with Crippen molar-refractivity contribution in [2.45, 2.75) is 6.54 Å². The number of carboxylic acid groups (broad SMARTS) is 1. The van der Waals surface area contributed by atoms with Gasteiger partial charge in [-0.05, 0) is 42.0 Å². The molecule has 3 aromatic carbocycles. The first-order valence-corrected chi connectivity index (χ1v) is 14.4. The van der Waals surface area contributed by atoms with E-state index >= 15 is 0 Å². The van der Waals surface area contributed by atoms with Crippen molar-refractivity contribution >= 4 is 28.6 Å². The second-order valence-corrected chi connectivity index (χ2v) is 10.9. The molecule has 3 aliphatic rings. The van der Waals surface area contributed by atoms with Gasteiger partial charge in [-0.3, -0.25) is 14.3 Å². The second kappa shape index (κ2) is 11.0. The van der Waals surface area contributed by atoms with Gasteiger partial charge in [-0.15, -0.1) is 0 Å². The lowest BCUT2D eigenvalue weighted by molar-refractivity contribution is 0.0699. The smallest absolute Gasteiger partial charge is 0.340 e. The summed E-state index contributed by atoms with van der Waals surface area (Å²) < 4.78 is 13.0. The average Bonchev–Trinajstić information content (AvgIpc) is 3.64. The molecule has 3 aliphatic heterocycles. The van der Waals surface area contributed by atoms with Gasteiger partial charge in [0.05, 0.1) is 5.52 Å². The first kappa shape index (κ1) is 26.4. The normalized spacial score (nSPS) is 17.1. The van der Waals surface area contributed by atoms with Gasteiger partial charge in [0, 0.05) is 75.5 Å². The van der Waals surface area contributed by atoms with Crippen molar-refractivity contribution in [1.82, 2.24) is 19.7 Å². The largest absolute Gasteiger partial charge is 0.478 e. The van der Waals surface area contributed by atoms with E-state index in [-0.39, 0.29) is 18.3 Å². The SMILES string of the molecule is O=C(O)c1c(N2CCN(Cc3ccc4c(c3)OCO4)CC2)n(-c2ccccc2)c2cccc(C(=O)N3CCNCC3)c12. The summed E-state index contributed by atoms with van der Waals surface area (Å²) in [6.45, 7) is 6.46. The first-order chi connectivity index (χ1) is 20.6. The fraction of sp³-hybridized carbons (Fsp3) is 0.312. The molecule has 42 heavy (non-hydrogen) atoms. The number of nitrogens with one attached hydrogen (secondary N) is 1. The van der Waals surface area contributed by atoms with Crippen molar-refractivity contribution in [2.24, 2.45) is 0 Å². The van der Waals surface area contributed by atoms with Crippen LogP contribution in [0.25, 0.3) is 16.6 Å². The number of amides is 1. The highest BCUT2D eigenvalue weighted by Gasteiger charge is 2.33. The van der Waals surface area contributed by atoms with Gasteiger partial charge in [0.25, 0.3) is 5.91 Å². The van der Waals surface area contributed by atoms with Crippen LogP contribution in [-0.4, -0.2) is 90.5 Å². The number of ether oxygens (including phenoxy) is 2. The van der Waals surface area contributed by atoms with Gasteiger partial charge in [-0.25, -0.2) is 4.79 Å². The third kappa shape index (κ3) is 4.72. The number of carbonyl (C=O) groups is 2. The molecule has 1 amide bonds. The predicted octanol–water partition coefficient (Wildman–Crippen LogP) is 3.43. The van der Waals surface area contributed by atoms with E-state index in [1.807, 2.05) is 64.1 Å². The van der Waals surface area contributed by atoms with E-state index in [0.29, 0.717) is 42.9 Å². The number of rotatable bonds is 6. The van der Waals surface area contributed by atoms with Gasteiger partial charge in [0.1, 0.15) is 11.4 Å². The van der Waals surface area contributed by atoms with Gasteiger partial charge >= 0.3 is 5.97 Å². The molecule has 7 rings (SSSR count). The maximum absolute atomic E-state index is 13.8. The Balaban J connectivity index is 1.26. The molecule has 10 nitrogen and oxygen atoms in total. The molecule has 0 bridgehead atoms. The van der Waals surface area contributed by atoms with Crippen molar-refractivity contribution in [1.29, 1.82) is 0 Å². The third-order valence-corrected chi connectivity index (χ3v) is 8.35. The van der Waals surface area contributed by atoms with Crippen LogP contribution < -0.4 is 19.7 Å². The fourth-order valence-corrected chi connectivity index (χ4v) is 6.30. The topological polar surface area (TPSA) is 99.5 Å². The molecule has 2 N–H and O–H groups in total. The minimum Gasteiger partial charge on any atom is -0.478 e. The van der Waals surface area contributed by atoms with Crippen molar-refractivity contribution in [3.8, 4) is 17.2 Å². The number of nitrogens with zero attached hydrogens (tertiary/aromatic N) is 4. The van der Waals surface area contributed by atoms with Gasteiger partial charge in [0.2, 0.25) is 6.79 Å². The van der Waals surface area contributed by atoms with Crippen LogP contribution in [0.5, 0.6) is 11.5 Å². The van der Waals surface area contributed by atoms with Crippen LogP contribution in [0.1, 0.15) is 26.3 Å². The predicted molar refractivity (Wildman–Crippen MR) is 159 cm³/mol. The van der Waals surface area contributed by atoms with Gasteiger partial charge in [-0.2, -0.15) is 0 Å². The summed E-state index contributed by atoms with van der Waals surface area (Å²) in [5.41, 5.74) is 3.34. The monoisotopic (exact) mass is 567 g/mol. The van der Waals surface area contributed by atoms with E-state index in [4.69, 9.17) is 9.47 Å². The molecular formula is C32H33N5O5. The molecule has 0 atom stereocenters. The van der Waals surface area contributed by atoms with E-state index in [2.05, 4.69) is 21.2 Å². The summed E-state index contributed by atoms with van der Waals surface area (Å²) >= 11 is 0. The molecule has 10 heteroatoms. The highest BCUT2D eigenvalue weighted by atomic mass is 16.7. The summed E-state index contributed by atoms with van der Waals surface area (Å²) in [5, 5.41) is 14.5. The minimum absolute atomic E-state index is 0.130. The molecule has 0 spiro atoms. The number of hydrogen-bond donors (Lipinski definition) is 2. The summed E-state index contributed by atoms with van der Waals surface area (Å²) in [7, 11) is 0. The molecule has 0 radical (unpaired) electrons. The van der Waals surface area contributed by atoms with Gasteiger partial charge < -0.3 is 29.7 Å². The van der Waals surface area contributed by atoms with Crippen LogP contribution in [0.2, 0.25) is 0 Å². The van der Waals surface area contributed by atoms with Crippen LogP contribution in [0.15, 0.2) is 66.7 Å². The van der Waals surface area contributed by atoms with E-state index < -0.39 is 5.97 Å². The summed E-state index contributed by atoms with van der Waals surface area (Å²) in [6, 6.07) is 21.4. The number of para-hydroxylation sites is 1. The lowest BCUT2D eigenvalue weighted by Gasteiger charge is -2.37. The Labute approximate surface area is 243 Å². The van der Waals surface area contributed by atoms with E-state index in [0.717, 1.165) is 61.0 Å². The molecule has 0 unspecified atom stereocenters. The summed E-state index contributed by atoms with van der Waals surface area (Å²) in [5.74, 6) is 0.999. The number of carbonyl (C=O) groups excluding carboxylic acids is 1. The van der Waals surface area contributed by atoms with Crippen molar-refractivity contribution < 1.29 is 24.2 Å². The van der Waals surface area contributed by atoms with Gasteiger partial charge in [0.15, 0.2) is 11.5 Å². The lowest BCUT2D eigenvalue weighted by atomic mass is 10.0. The average molecular weight is 568 g/mol. The number of aromatic nitrogens is 1. The minimum atomic E-state index is -1.03. The number of hydrogen-bond acceptors (Lipinski definition) is 7. The highest BCUT2D eigenvalue weighted by Crippen LogP contribution is 2.39. The Morgan fingerprint density at radius 3 is 2.36 bits per heavy atom. The number of fused-ring (bicyclic) bond motifs is 2. The number of carboxylic acids is 1. The summed E-state index contributed by atoms with van der Waals surface area (Å²) in [6.07, 6.45) is 0. The first-order valence-electron chi connectivity index (χ1n) is 14.4. The quantitative estimate of drug-likeness (QED) is 0.366. The Morgan fingerprint density at radius 1 is 0.833 bits per heavy atom. The molecule has 2 fully saturated rings. The Bertz CT molecular complexity index is 1640. The van der Waals surface area contributed by atoms with E-state index in [1.165, 1.54) is 0 Å². The van der Waals surface area contributed by atoms with Crippen LogP contribution >= 0.6 is 0 Å². The molecule has 4 aromatic rings. The lowest BCUT2D eigenvalue weighted by Crippen LogP contribution is -2.47. The maximum Gasteiger partial charge on any atom is 0.340 e. The molecular weight excluding hydrogens is 534 g/mol. The van der Waals surface area contributed by atoms with Crippen LogP contribution in [0.3, 0.4) is 0 Å².